The molecule has 0 aromatic carbocycles. The number of ketones is 1. The number of carbonyl (C=O) groups is 1. The number of carbonyl (C=O) groups excluding carboxylic acids is 1. The van der Waals surface area contributed by atoms with Gasteiger partial charge in [-0.25, -0.2) is 0 Å². The van der Waals surface area contributed by atoms with Gasteiger partial charge in [0.15, 0.2) is 0 Å². The number of rotatable bonds is 1. The van der Waals surface area contributed by atoms with E-state index in [1.807, 2.05) is 0 Å². The molecule has 0 radical (unpaired) electrons. The molecule has 116 valence electrons. The second-order valence-electron chi connectivity index (χ2n) is 6.92. The van der Waals surface area contributed by atoms with Crippen LogP contribution in [0.2, 0.25) is 0 Å². The summed E-state index contributed by atoms with van der Waals surface area (Å²) in [6.45, 7) is 1.05. The number of aliphatic hydroxyl groups excluding tert-OH is 1. The second-order valence-corrected chi connectivity index (χ2v) is 6.92. The van der Waals surface area contributed by atoms with E-state index < -0.39 is 0 Å². The molecule has 0 aromatic rings. The Bertz CT molecular complexity index is 527. The maximum Gasteiger partial charge on any atom is 0.144 e. The van der Waals surface area contributed by atoms with Crippen LogP contribution >= 0.6 is 17.0 Å². The Balaban J connectivity index is 0.00000132. The van der Waals surface area contributed by atoms with Crippen molar-refractivity contribution < 1.29 is 9.90 Å². The maximum absolute atomic E-state index is 13.0. The highest BCUT2D eigenvalue weighted by atomic mass is 79.9. The third kappa shape index (κ3) is 1.76. The first-order valence-corrected chi connectivity index (χ1v) is 8.01. The Labute approximate surface area is 136 Å². The summed E-state index contributed by atoms with van der Waals surface area (Å²) < 4.78 is 0. The average Bonchev–Trinajstić information content (AvgIpc) is 2.47. The monoisotopic (exact) mass is 353 g/mol. The minimum absolute atomic E-state index is 0. The summed E-state index contributed by atoms with van der Waals surface area (Å²) in [5.74, 6) is 0.392. The summed E-state index contributed by atoms with van der Waals surface area (Å²) in [4.78, 5) is 13.0. The zero-order chi connectivity index (χ0) is 13.8. The van der Waals surface area contributed by atoms with Crippen LogP contribution in [0.5, 0.6) is 0 Å². The van der Waals surface area contributed by atoms with Gasteiger partial charge in [0, 0.05) is 17.9 Å². The quantitative estimate of drug-likeness (QED) is 0.761. The van der Waals surface area contributed by atoms with Crippen LogP contribution in [-0.4, -0.2) is 30.1 Å². The summed E-state index contributed by atoms with van der Waals surface area (Å²) in [5.41, 5.74) is 2.13. The molecule has 1 aliphatic heterocycles. The zero-order valence-corrected chi connectivity index (χ0v) is 14.1. The van der Waals surface area contributed by atoms with Crippen molar-refractivity contribution in [2.45, 2.75) is 51.0 Å². The number of hydrogen-bond acceptors (Lipinski definition) is 3. The first-order valence-electron chi connectivity index (χ1n) is 8.01. The molecule has 21 heavy (non-hydrogen) atoms. The second kappa shape index (κ2) is 5.32. The smallest absolute Gasteiger partial charge is 0.144 e. The Morgan fingerprint density at radius 1 is 1.33 bits per heavy atom. The highest BCUT2D eigenvalue weighted by Gasteiger charge is 2.65. The van der Waals surface area contributed by atoms with E-state index >= 15 is 0 Å². The van der Waals surface area contributed by atoms with E-state index in [2.05, 4.69) is 17.5 Å². The van der Waals surface area contributed by atoms with Gasteiger partial charge in [0.25, 0.3) is 0 Å². The number of allylic oxidation sites excluding steroid dienone is 3. The number of halogens is 1. The van der Waals surface area contributed by atoms with Gasteiger partial charge < -0.3 is 10.4 Å². The zero-order valence-electron chi connectivity index (χ0n) is 12.4. The predicted octanol–water partition coefficient (Wildman–Crippen LogP) is 2.69. The molecule has 3 nitrogen and oxygen atoms in total. The van der Waals surface area contributed by atoms with Crippen LogP contribution in [0.25, 0.3) is 0 Å². The van der Waals surface area contributed by atoms with Gasteiger partial charge in [-0.15, -0.1) is 17.0 Å². The SMILES string of the molecule is Br.O=C1CCC[C@@]2(CO)[C@H]3CC4=C(C=CCC4)[C@@]12CCN3. The van der Waals surface area contributed by atoms with Crippen molar-refractivity contribution in [3.63, 3.8) is 0 Å². The van der Waals surface area contributed by atoms with Crippen molar-refractivity contribution in [3.05, 3.63) is 23.3 Å². The van der Waals surface area contributed by atoms with Crippen LogP contribution in [-0.2, 0) is 4.79 Å². The Morgan fingerprint density at radius 2 is 2.19 bits per heavy atom. The van der Waals surface area contributed by atoms with E-state index in [0.717, 1.165) is 45.1 Å². The lowest BCUT2D eigenvalue weighted by Crippen LogP contribution is -2.69. The fourth-order valence-electron chi connectivity index (χ4n) is 5.52. The molecule has 1 heterocycles. The van der Waals surface area contributed by atoms with Gasteiger partial charge in [0.1, 0.15) is 5.78 Å². The van der Waals surface area contributed by atoms with Crippen LogP contribution in [0.3, 0.4) is 0 Å². The third-order valence-corrected chi connectivity index (χ3v) is 6.38. The summed E-state index contributed by atoms with van der Waals surface area (Å²) >= 11 is 0. The lowest BCUT2D eigenvalue weighted by Gasteiger charge is -2.62. The Kier molecular flexibility index (Phi) is 3.92. The van der Waals surface area contributed by atoms with Crippen LogP contribution in [0, 0.1) is 10.8 Å². The van der Waals surface area contributed by atoms with Crippen molar-refractivity contribution in [1.29, 1.82) is 0 Å². The number of piperidine rings is 1. The van der Waals surface area contributed by atoms with E-state index in [-0.39, 0.29) is 40.5 Å². The first-order chi connectivity index (χ1) is 9.74. The number of hydrogen-bond donors (Lipinski definition) is 2. The van der Waals surface area contributed by atoms with Crippen LogP contribution in [0.1, 0.15) is 44.9 Å². The van der Waals surface area contributed by atoms with E-state index in [1.54, 1.807) is 0 Å². The van der Waals surface area contributed by atoms with Crippen molar-refractivity contribution in [1.82, 2.24) is 5.32 Å². The van der Waals surface area contributed by atoms with E-state index in [0.29, 0.717) is 12.2 Å². The van der Waals surface area contributed by atoms with Gasteiger partial charge in [-0.3, -0.25) is 4.79 Å². The highest BCUT2D eigenvalue weighted by Crippen LogP contribution is 2.63. The highest BCUT2D eigenvalue weighted by molar-refractivity contribution is 8.93. The Hall–Kier alpha value is -0.450. The third-order valence-electron chi connectivity index (χ3n) is 6.38. The topological polar surface area (TPSA) is 49.3 Å². The number of Topliss-reactive ketones (excluding diaryl/α,β-unsaturated/α-hetero) is 1. The molecule has 0 aromatic heterocycles. The number of nitrogens with one attached hydrogen (secondary N) is 1. The number of aliphatic hydroxyl groups is 1. The lowest BCUT2D eigenvalue weighted by atomic mass is 9.43. The Morgan fingerprint density at radius 3 is 3.00 bits per heavy atom. The van der Waals surface area contributed by atoms with Gasteiger partial charge in [-0.2, -0.15) is 0 Å². The molecule has 0 unspecified atom stereocenters. The van der Waals surface area contributed by atoms with Gasteiger partial charge >= 0.3 is 0 Å². The molecule has 4 heteroatoms. The van der Waals surface area contributed by atoms with Crippen molar-refractivity contribution in [3.8, 4) is 0 Å². The molecule has 2 N–H and O–H groups in total. The van der Waals surface area contributed by atoms with E-state index in [4.69, 9.17) is 0 Å². The molecule has 4 aliphatic rings. The maximum atomic E-state index is 13.0. The molecule has 3 aliphatic carbocycles. The largest absolute Gasteiger partial charge is 0.396 e. The van der Waals surface area contributed by atoms with Gasteiger partial charge in [-0.1, -0.05) is 17.7 Å². The van der Waals surface area contributed by atoms with E-state index in [9.17, 15) is 9.90 Å². The first kappa shape index (κ1) is 15.4. The fourth-order valence-corrected chi connectivity index (χ4v) is 5.52. The van der Waals surface area contributed by atoms with Crippen LogP contribution < -0.4 is 5.32 Å². The van der Waals surface area contributed by atoms with Crippen LogP contribution in [0.15, 0.2) is 23.3 Å². The fraction of sp³-hybridized carbons (Fsp3) is 0.706. The van der Waals surface area contributed by atoms with Gasteiger partial charge in [0.2, 0.25) is 0 Å². The normalized spacial score (nSPS) is 41.2. The minimum atomic E-state index is -0.388. The van der Waals surface area contributed by atoms with Crippen molar-refractivity contribution in [2.24, 2.45) is 10.8 Å². The molecular formula is C17H24BrNO2. The average molecular weight is 354 g/mol. The molecule has 1 saturated carbocycles. The lowest BCUT2D eigenvalue weighted by molar-refractivity contribution is -0.153. The summed E-state index contributed by atoms with van der Waals surface area (Å²) in [5, 5.41) is 13.9. The summed E-state index contributed by atoms with van der Waals surface area (Å²) in [6, 6.07) is 0.288. The molecule has 0 spiro atoms. The standard InChI is InChI=1S/C17H23NO2.BrH/c19-11-16-7-3-6-15(20)17(16)8-9-18-14(16)10-12-4-1-2-5-13(12)17;/h2,5,14,18-19H,1,3-4,6-11H2;1H/t14-,16-,17+;/m1./s1. The minimum Gasteiger partial charge on any atom is -0.396 e. The van der Waals surface area contributed by atoms with Crippen LogP contribution in [0.4, 0.5) is 0 Å². The van der Waals surface area contributed by atoms with Crippen molar-refractivity contribution >= 4 is 22.8 Å². The molecule has 1 saturated heterocycles. The molecule has 0 amide bonds. The van der Waals surface area contributed by atoms with Crippen molar-refractivity contribution in [2.75, 3.05) is 13.2 Å². The predicted molar refractivity (Wildman–Crippen MR) is 87.6 cm³/mol. The molecule has 2 fully saturated rings. The van der Waals surface area contributed by atoms with Gasteiger partial charge in [0.05, 0.1) is 12.0 Å². The van der Waals surface area contributed by atoms with E-state index in [1.165, 1.54) is 11.1 Å². The molecule has 2 bridgehead atoms. The molecular weight excluding hydrogens is 330 g/mol. The molecule has 4 rings (SSSR count). The summed E-state index contributed by atoms with van der Waals surface area (Å²) in [7, 11) is 0. The van der Waals surface area contributed by atoms with Gasteiger partial charge in [-0.05, 0) is 50.6 Å². The molecule has 3 atom stereocenters. The summed E-state index contributed by atoms with van der Waals surface area (Å²) in [6.07, 6.45) is 11.1.